The second kappa shape index (κ2) is 7.06. The number of allylic oxidation sites excluding steroid dienone is 1. The molecule has 25 heavy (non-hydrogen) atoms. The van der Waals surface area contributed by atoms with Crippen LogP contribution in [0.15, 0.2) is 45.1 Å². The number of ether oxygens (including phenoxy) is 1. The molecule has 0 saturated heterocycles. The van der Waals surface area contributed by atoms with Crippen LogP contribution in [0.5, 0.6) is 0 Å². The van der Waals surface area contributed by atoms with Crippen LogP contribution in [0.3, 0.4) is 0 Å². The minimum absolute atomic E-state index is 0.0840. The third-order valence-electron chi connectivity index (χ3n) is 3.41. The van der Waals surface area contributed by atoms with Crippen molar-refractivity contribution < 1.29 is 22.7 Å². The molecule has 0 spiro atoms. The molecule has 0 fully saturated rings. The molecule has 1 amide bonds. The Hall–Kier alpha value is -2.68. The number of carbonyl (C=O) groups excluding carboxylic acids is 2. The SMILES string of the molecule is CN(C)C(=NC(=O)OCC1=CC(=O)c2ccccc2S1(=O)=O)N(C)C. The van der Waals surface area contributed by atoms with Gasteiger partial charge in [-0.1, -0.05) is 12.1 Å². The van der Waals surface area contributed by atoms with Gasteiger partial charge in [-0.2, -0.15) is 0 Å². The lowest BCUT2D eigenvalue weighted by atomic mass is 10.1. The first-order valence-electron chi connectivity index (χ1n) is 7.33. The number of aliphatic imine (C=N–C) groups is 1. The van der Waals surface area contributed by atoms with Crippen molar-refractivity contribution in [2.45, 2.75) is 4.90 Å². The molecule has 1 heterocycles. The first-order valence-corrected chi connectivity index (χ1v) is 8.82. The number of rotatable bonds is 2. The second-order valence-electron chi connectivity index (χ2n) is 5.73. The normalized spacial score (nSPS) is 14.9. The van der Waals surface area contributed by atoms with E-state index in [-0.39, 0.29) is 15.4 Å². The van der Waals surface area contributed by atoms with E-state index in [1.807, 2.05) is 0 Å². The van der Waals surface area contributed by atoms with Gasteiger partial charge in [-0.05, 0) is 12.1 Å². The third-order valence-corrected chi connectivity index (χ3v) is 5.27. The number of ketones is 1. The van der Waals surface area contributed by atoms with Gasteiger partial charge in [0.15, 0.2) is 5.78 Å². The molecule has 2 rings (SSSR count). The number of hydrogen-bond acceptors (Lipinski definition) is 5. The molecule has 0 aliphatic carbocycles. The molecule has 0 aromatic heterocycles. The van der Waals surface area contributed by atoms with E-state index >= 15 is 0 Å². The van der Waals surface area contributed by atoms with Gasteiger partial charge in [0.05, 0.1) is 9.80 Å². The molecule has 134 valence electrons. The van der Waals surface area contributed by atoms with Crippen molar-refractivity contribution in [3.63, 3.8) is 0 Å². The summed E-state index contributed by atoms with van der Waals surface area (Å²) in [5.41, 5.74) is 0.109. The van der Waals surface area contributed by atoms with Crippen molar-refractivity contribution in [2.75, 3.05) is 34.8 Å². The summed E-state index contributed by atoms with van der Waals surface area (Å²) in [6.07, 6.45) is 0.0350. The minimum Gasteiger partial charge on any atom is -0.442 e. The summed E-state index contributed by atoms with van der Waals surface area (Å²) in [6, 6.07) is 5.91. The zero-order chi connectivity index (χ0) is 18.8. The molecule has 0 bridgehead atoms. The Morgan fingerprint density at radius 1 is 1.12 bits per heavy atom. The molecule has 0 radical (unpaired) electrons. The summed E-state index contributed by atoms with van der Waals surface area (Å²) in [6.45, 7) is -0.557. The predicted molar refractivity (Wildman–Crippen MR) is 92.2 cm³/mol. The number of hydrogen-bond donors (Lipinski definition) is 0. The smallest absolute Gasteiger partial charge is 0.437 e. The van der Waals surface area contributed by atoms with E-state index in [1.165, 1.54) is 18.2 Å². The van der Waals surface area contributed by atoms with Crippen LogP contribution in [-0.2, 0) is 14.6 Å². The molecule has 1 aliphatic heterocycles. The van der Waals surface area contributed by atoms with E-state index in [1.54, 1.807) is 44.1 Å². The van der Waals surface area contributed by atoms with Crippen LogP contribution in [0.4, 0.5) is 4.79 Å². The van der Waals surface area contributed by atoms with Crippen molar-refractivity contribution in [3.05, 3.63) is 40.8 Å². The number of carbonyl (C=O) groups is 2. The van der Waals surface area contributed by atoms with Crippen LogP contribution in [0, 0.1) is 0 Å². The van der Waals surface area contributed by atoms with E-state index in [2.05, 4.69) is 4.99 Å². The van der Waals surface area contributed by atoms with Gasteiger partial charge >= 0.3 is 6.09 Å². The molecular weight excluding hydrogens is 346 g/mol. The molecule has 0 atom stereocenters. The summed E-state index contributed by atoms with van der Waals surface area (Å²) >= 11 is 0. The van der Waals surface area contributed by atoms with Crippen LogP contribution in [0.2, 0.25) is 0 Å². The summed E-state index contributed by atoms with van der Waals surface area (Å²) in [7, 11) is 2.94. The lowest BCUT2D eigenvalue weighted by Crippen LogP contribution is -2.36. The van der Waals surface area contributed by atoms with Crippen molar-refractivity contribution in [1.82, 2.24) is 9.80 Å². The Balaban J connectivity index is 2.21. The lowest BCUT2D eigenvalue weighted by Gasteiger charge is -2.22. The average molecular weight is 365 g/mol. The summed E-state index contributed by atoms with van der Waals surface area (Å²) in [4.78, 5) is 30.6. The van der Waals surface area contributed by atoms with E-state index in [0.29, 0.717) is 5.96 Å². The Morgan fingerprint density at radius 2 is 1.72 bits per heavy atom. The summed E-state index contributed by atoms with van der Waals surface area (Å²) in [5.74, 6) is -0.103. The second-order valence-corrected chi connectivity index (χ2v) is 7.70. The number of amides is 1. The Labute approximate surface area is 146 Å². The van der Waals surface area contributed by atoms with Crippen LogP contribution in [-0.4, -0.2) is 70.9 Å². The van der Waals surface area contributed by atoms with E-state index in [4.69, 9.17) is 4.74 Å². The summed E-state index contributed by atoms with van der Waals surface area (Å²) in [5, 5.41) is 0. The minimum atomic E-state index is -3.88. The molecule has 1 aliphatic rings. The van der Waals surface area contributed by atoms with E-state index < -0.39 is 28.3 Å². The number of benzene rings is 1. The first-order chi connectivity index (χ1) is 11.6. The molecule has 8 nitrogen and oxygen atoms in total. The lowest BCUT2D eigenvalue weighted by molar-refractivity contribution is 0.104. The fourth-order valence-corrected chi connectivity index (χ4v) is 3.79. The van der Waals surface area contributed by atoms with Gasteiger partial charge < -0.3 is 14.5 Å². The Bertz CT molecular complexity index is 860. The van der Waals surface area contributed by atoms with Crippen LogP contribution in [0.25, 0.3) is 0 Å². The van der Waals surface area contributed by atoms with Gasteiger partial charge in [-0.25, -0.2) is 13.2 Å². The average Bonchev–Trinajstić information content (AvgIpc) is 2.54. The molecule has 0 N–H and O–H groups in total. The molecule has 0 unspecified atom stereocenters. The van der Waals surface area contributed by atoms with Crippen LogP contribution in [0.1, 0.15) is 10.4 Å². The van der Waals surface area contributed by atoms with Gasteiger partial charge in [-0.3, -0.25) is 4.79 Å². The topological polar surface area (TPSA) is 96.4 Å². The monoisotopic (exact) mass is 365 g/mol. The first kappa shape index (κ1) is 18.7. The summed E-state index contributed by atoms with van der Waals surface area (Å²) < 4.78 is 30.0. The van der Waals surface area contributed by atoms with Crippen molar-refractivity contribution >= 4 is 27.7 Å². The number of sulfone groups is 1. The van der Waals surface area contributed by atoms with Gasteiger partial charge in [0, 0.05) is 39.8 Å². The van der Waals surface area contributed by atoms with Crippen molar-refractivity contribution in [3.8, 4) is 0 Å². The van der Waals surface area contributed by atoms with Crippen LogP contribution >= 0.6 is 0 Å². The Morgan fingerprint density at radius 3 is 2.32 bits per heavy atom. The highest BCUT2D eigenvalue weighted by atomic mass is 32.2. The fraction of sp³-hybridized carbons (Fsp3) is 0.312. The maximum Gasteiger partial charge on any atom is 0.437 e. The van der Waals surface area contributed by atoms with Crippen LogP contribution < -0.4 is 0 Å². The highest BCUT2D eigenvalue weighted by Crippen LogP contribution is 2.28. The van der Waals surface area contributed by atoms with Gasteiger partial charge in [-0.15, -0.1) is 4.99 Å². The standard InChI is InChI=1S/C16H19N3O5S/c1-18(2)15(19(3)4)17-16(21)24-10-11-9-13(20)12-7-5-6-8-14(12)25(11,22)23/h5-9H,10H2,1-4H3. The third kappa shape index (κ3) is 3.87. The van der Waals surface area contributed by atoms with Crippen molar-refractivity contribution in [1.29, 1.82) is 0 Å². The van der Waals surface area contributed by atoms with E-state index in [9.17, 15) is 18.0 Å². The molecule has 1 aromatic rings. The highest BCUT2D eigenvalue weighted by Gasteiger charge is 2.31. The van der Waals surface area contributed by atoms with Gasteiger partial charge in [0.1, 0.15) is 6.61 Å². The van der Waals surface area contributed by atoms with Crippen molar-refractivity contribution in [2.24, 2.45) is 4.99 Å². The molecular formula is C16H19N3O5S. The maximum absolute atomic E-state index is 12.5. The zero-order valence-electron chi connectivity index (χ0n) is 14.4. The fourth-order valence-electron chi connectivity index (χ4n) is 2.31. The largest absolute Gasteiger partial charge is 0.442 e. The Kier molecular flexibility index (Phi) is 5.27. The van der Waals surface area contributed by atoms with Gasteiger partial charge in [0.2, 0.25) is 15.8 Å². The number of guanidine groups is 1. The predicted octanol–water partition coefficient (Wildman–Crippen LogP) is 1.16. The number of nitrogens with zero attached hydrogens (tertiary/aromatic N) is 3. The highest BCUT2D eigenvalue weighted by molar-refractivity contribution is 7.95. The molecule has 9 heteroatoms. The number of fused-ring (bicyclic) bond motifs is 1. The van der Waals surface area contributed by atoms with E-state index in [0.717, 1.165) is 6.08 Å². The molecule has 1 aromatic carbocycles. The zero-order valence-corrected chi connectivity index (χ0v) is 15.2. The maximum atomic E-state index is 12.5. The quantitative estimate of drug-likeness (QED) is 0.573. The molecule has 0 saturated carbocycles. The van der Waals surface area contributed by atoms with Gasteiger partial charge in [0.25, 0.3) is 0 Å².